The first kappa shape index (κ1) is 24.0. The number of hydrogen-bond acceptors (Lipinski definition) is 6. The fourth-order valence-corrected chi connectivity index (χ4v) is 4.51. The zero-order valence-corrected chi connectivity index (χ0v) is 19.1. The molecule has 0 aliphatic carbocycles. The number of nitro groups is 1. The van der Waals surface area contributed by atoms with Crippen molar-refractivity contribution in [2.24, 2.45) is 5.92 Å². The largest absolute Gasteiger partial charge is 0.366 e. The van der Waals surface area contributed by atoms with E-state index in [1.807, 2.05) is 6.92 Å². The Balaban J connectivity index is 1.57. The summed E-state index contributed by atoms with van der Waals surface area (Å²) in [5, 5.41) is 17.6. The number of hydrogen-bond donors (Lipinski definition) is 2. The molecule has 1 aromatic carbocycles. The van der Waals surface area contributed by atoms with E-state index in [0.717, 1.165) is 58.3 Å². The van der Waals surface area contributed by atoms with Gasteiger partial charge in [0.15, 0.2) is 0 Å². The normalized spacial score (nSPS) is 20.1. The number of likely N-dealkylation sites (tertiary alicyclic amines) is 1. The molecular weight excluding hydrogens is 410 g/mol. The first-order valence-electron chi connectivity index (χ1n) is 11.7. The van der Waals surface area contributed by atoms with Crippen molar-refractivity contribution in [1.82, 2.24) is 15.5 Å². The lowest BCUT2D eigenvalue weighted by molar-refractivity contribution is -0.384. The number of rotatable bonds is 8. The number of piperidine rings is 2. The van der Waals surface area contributed by atoms with Gasteiger partial charge in [-0.1, -0.05) is 13.8 Å². The highest BCUT2D eigenvalue weighted by Gasteiger charge is 2.27. The number of amides is 2. The van der Waals surface area contributed by atoms with E-state index >= 15 is 0 Å². The molecule has 0 saturated carbocycles. The fraction of sp³-hybridized carbons (Fsp3) is 0.652. The Bertz CT molecular complexity index is 823. The second-order valence-corrected chi connectivity index (χ2v) is 9.03. The zero-order chi connectivity index (χ0) is 23.1. The molecule has 2 fully saturated rings. The van der Waals surface area contributed by atoms with Crippen molar-refractivity contribution in [2.75, 3.05) is 44.2 Å². The Morgan fingerprint density at radius 2 is 1.94 bits per heavy atom. The molecule has 1 unspecified atom stereocenters. The molecule has 2 heterocycles. The fourth-order valence-electron chi connectivity index (χ4n) is 4.51. The van der Waals surface area contributed by atoms with Crippen molar-refractivity contribution < 1.29 is 14.5 Å². The van der Waals surface area contributed by atoms with Crippen LogP contribution in [-0.4, -0.2) is 66.9 Å². The zero-order valence-electron chi connectivity index (χ0n) is 19.1. The first-order valence-corrected chi connectivity index (χ1v) is 11.7. The molecule has 1 aromatic rings. The maximum atomic E-state index is 12.8. The Hall–Kier alpha value is -2.68. The van der Waals surface area contributed by atoms with Crippen LogP contribution >= 0.6 is 0 Å². The summed E-state index contributed by atoms with van der Waals surface area (Å²) < 4.78 is 0. The Morgan fingerprint density at radius 1 is 1.19 bits per heavy atom. The number of benzene rings is 1. The maximum absolute atomic E-state index is 12.8. The van der Waals surface area contributed by atoms with E-state index in [4.69, 9.17) is 0 Å². The van der Waals surface area contributed by atoms with Crippen molar-refractivity contribution >= 4 is 23.2 Å². The summed E-state index contributed by atoms with van der Waals surface area (Å²) in [7, 11) is 0. The number of nitro benzene ring substituents is 1. The topological polar surface area (TPSA) is 108 Å². The SMILES string of the molecule is CCCNC(=O)CN1CCC(NC(=O)c2ccc(N3CCCC(C)C3)c([N+](=O)[O-])c2)CC1. The van der Waals surface area contributed by atoms with Crippen LogP contribution in [0.15, 0.2) is 18.2 Å². The summed E-state index contributed by atoms with van der Waals surface area (Å²) >= 11 is 0. The molecule has 1 atom stereocenters. The van der Waals surface area contributed by atoms with Gasteiger partial charge >= 0.3 is 0 Å². The van der Waals surface area contributed by atoms with E-state index in [2.05, 4.69) is 27.4 Å². The molecule has 32 heavy (non-hydrogen) atoms. The van der Waals surface area contributed by atoms with Crippen LogP contribution in [0.1, 0.15) is 56.3 Å². The van der Waals surface area contributed by atoms with E-state index in [-0.39, 0.29) is 23.5 Å². The summed E-state index contributed by atoms with van der Waals surface area (Å²) in [6, 6.07) is 4.79. The molecule has 176 valence electrons. The average molecular weight is 446 g/mol. The first-order chi connectivity index (χ1) is 15.4. The summed E-state index contributed by atoms with van der Waals surface area (Å²) in [5.74, 6) is 0.241. The molecule has 2 aliphatic rings. The predicted molar refractivity (Wildman–Crippen MR) is 124 cm³/mol. The number of carbonyl (C=O) groups excluding carboxylic acids is 2. The van der Waals surface area contributed by atoms with Gasteiger partial charge < -0.3 is 15.5 Å². The molecule has 0 spiro atoms. The van der Waals surface area contributed by atoms with E-state index in [9.17, 15) is 19.7 Å². The van der Waals surface area contributed by atoms with E-state index in [1.54, 1.807) is 12.1 Å². The maximum Gasteiger partial charge on any atom is 0.293 e. The molecule has 0 aromatic heterocycles. The molecule has 2 amide bonds. The third kappa shape index (κ3) is 6.41. The summed E-state index contributed by atoms with van der Waals surface area (Å²) in [6.45, 7) is 8.30. The number of nitrogens with one attached hydrogen (secondary N) is 2. The summed E-state index contributed by atoms with van der Waals surface area (Å²) in [4.78, 5) is 40.1. The Labute approximate surface area is 189 Å². The summed E-state index contributed by atoms with van der Waals surface area (Å²) in [6.07, 6.45) is 4.56. The van der Waals surface area contributed by atoms with E-state index in [1.165, 1.54) is 6.07 Å². The lowest BCUT2D eigenvalue weighted by Gasteiger charge is -2.32. The number of carbonyl (C=O) groups is 2. The number of nitrogens with zero attached hydrogens (tertiary/aromatic N) is 3. The van der Waals surface area contributed by atoms with Gasteiger partial charge in [0.25, 0.3) is 11.6 Å². The van der Waals surface area contributed by atoms with Crippen LogP contribution in [-0.2, 0) is 4.79 Å². The predicted octanol–water partition coefficient (Wildman–Crippen LogP) is 2.55. The molecule has 2 aliphatic heterocycles. The van der Waals surface area contributed by atoms with Gasteiger partial charge in [-0.15, -0.1) is 0 Å². The smallest absolute Gasteiger partial charge is 0.293 e. The van der Waals surface area contributed by atoms with Crippen molar-refractivity contribution in [1.29, 1.82) is 0 Å². The lowest BCUT2D eigenvalue weighted by Crippen LogP contribution is -2.47. The minimum Gasteiger partial charge on any atom is -0.366 e. The van der Waals surface area contributed by atoms with Gasteiger partial charge in [-0.05, 0) is 50.2 Å². The van der Waals surface area contributed by atoms with Crippen LogP contribution in [0, 0.1) is 16.0 Å². The van der Waals surface area contributed by atoms with Gasteiger partial charge in [-0.2, -0.15) is 0 Å². The second-order valence-electron chi connectivity index (χ2n) is 9.03. The highest BCUT2D eigenvalue weighted by Crippen LogP contribution is 2.32. The second kappa shape index (κ2) is 11.3. The van der Waals surface area contributed by atoms with Crippen LogP contribution in [0.5, 0.6) is 0 Å². The average Bonchev–Trinajstić information content (AvgIpc) is 2.78. The van der Waals surface area contributed by atoms with Gasteiger partial charge in [0, 0.05) is 50.4 Å². The third-order valence-electron chi connectivity index (χ3n) is 6.29. The monoisotopic (exact) mass is 445 g/mol. The molecule has 2 N–H and O–H groups in total. The van der Waals surface area contributed by atoms with E-state index < -0.39 is 4.92 Å². The highest BCUT2D eigenvalue weighted by atomic mass is 16.6. The van der Waals surface area contributed by atoms with Crippen molar-refractivity contribution in [3.8, 4) is 0 Å². The molecular formula is C23H35N5O4. The van der Waals surface area contributed by atoms with E-state index in [0.29, 0.717) is 30.3 Å². The van der Waals surface area contributed by atoms with Crippen molar-refractivity contribution in [3.05, 3.63) is 33.9 Å². The molecule has 3 rings (SSSR count). The van der Waals surface area contributed by atoms with Gasteiger partial charge in [-0.3, -0.25) is 24.6 Å². The van der Waals surface area contributed by atoms with Gasteiger partial charge in [0.1, 0.15) is 5.69 Å². The molecule has 2 saturated heterocycles. The van der Waals surface area contributed by atoms with Gasteiger partial charge in [0.2, 0.25) is 5.91 Å². The van der Waals surface area contributed by atoms with Gasteiger partial charge in [-0.25, -0.2) is 0 Å². The lowest BCUT2D eigenvalue weighted by atomic mass is 9.99. The van der Waals surface area contributed by atoms with Crippen LogP contribution < -0.4 is 15.5 Å². The van der Waals surface area contributed by atoms with Gasteiger partial charge in [0.05, 0.1) is 11.5 Å². The minimum atomic E-state index is -0.395. The molecule has 9 heteroatoms. The Morgan fingerprint density at radius 3 is 2.59 bits per heavy atom. The highest BCUT2D eigenvalue weighted by molar-refractivity contribution is 5.96. The third-order valence-corrected chi connectivity index (χ3v) is 6.29. The number of anilines is 1. The molecule has 0 bridgehead atoms. The quantitative estimate of drug-likeness (QED) is 0.470. The Kier molecular flexibility index (Phi) is 8.44. The minimum absolute atomic E-state index is 0.000806. The summed E-state index contributed by atoms with van der Waals surface area (Å²) in [5.41, 5.74) is 0.888. The van der Waals surface area contributed by atoms with Crippen LogP contribution in [0.4, 0.5) is 11.4 Å². The molecule has 9 nitrogen and oxygen atoms in total. The van der Waals surface area contributed by atoms with Crippen molar-refractivity contribution in [2.45, 2.75) is 52.0 Å². The van der Waals surface area contributed by atoms with Crippen LogP contribution in [0.2, 0.25) is 0 Å². The molecule has 0 radical (unpaired) electrons. The van der Waals surface area contributed by atoms with Crippen LogP contribution in [0.25, 0.3) is 0 Å². The standard InChI is InChI=1S/C23H35N5O4/c1-3-10-24-22(29)16-26-12-8-19(9-13-26)25-23(30)18-6-7-20(21(14-18)28(31)32)27-11-4-5-17(2)15-27/h6-7,14,17,19H,3-5,8-13,15-16H2,1-2H3,(H,24,29)(H,25,30). The van der Waals surface area contributed by atoms with Crippen LogP contribution in [0.3, 0.4) is 0 Å². The van der Waals surface area contributed by atoms with Crippen molar-refractivity contribution in [3.63, 3.8) is 0 Å².